The Bertz CT molecular complexity index is 612. The van der Waals surface area contributed by atoms with Gasteiger partial charge in [-0.15, -0.1) is 24.0 Å². The third kappa shape index (κ3) is 10.9. The van der Waals surface area contributed by atoms with Gasteiger partial charge in [-0.2, -0.15) is 13.2 Å². The van der Waals surface area contributed by atoms with Crippen LogP contribution in [0.3, 0.4) is 0 Å². The maximum absolute atomic E-state index is 12.4. The Hall–Kier alpha value is -1.27. The molecule has 1 atom stereocenters. The average molecular weight is 531 g/mol. The highest BCUT2D eigenvalue weighted by Gasteiger charge is 2.28. The van der Waals surface area contributed by atoms with Crippen LogP contribution >= 0.6 is 24.0 Å². The second-order valence-corrected chi connectivity index (χ2v) is 6.43. The fourth-order valence-electron chi connectivity index (χ4n) is 2.72. The zero-order valence-electron chi connectivity index (χ0n) is 16.5. The molecular weight excluding hydrogens is 502 g/mol. The molecule has 0 amide bonds. The number of ether oxygens (including phenoxy) is 3. The molecule has 0 radical (unpaired) electrons. The van der Waals surface area contributed by atoms with Gasteiger partial charge in [-0.25, -0.2) is 0 Å². The quantitative estimate of drug-likeness (QED) is 0.210. The van der Waals surface area contributed by atoms with E-state index in [0.717, 1.165) is 25.9 Å². The topological polar surface area (TPSA) is 64.1 Å². The van der Waals surface area contributed by atoms with E-state index in [0.29, 0.717) is 37.8 Å². The van der Waals surface area contributed by atoms with Crippen LogP contribution in [-0.4, -0.2) is 58.3 Å². The Balaban J connectivity index is 0.00000420. The molecule has 29 heavy (non-hydrogen) atoms. The molecular formula is C19H29F3IN3O3. The molecule has 1 heterocycles. The van der Waals surface area contributed by atoms with Gasteiger partial charge in [-0.1, -0.05) is 18.2 Å². The smallest absolute Gasteiger partial charge is 0.422 e. The number of halogens is 4. The molecule has 2 rings (SSSR count). The number of guanidine groups is 1. The first kappa shape index (κ1) is 25.8. The Morgan fingerprint density at radius 1 is 1.28 bits per heavy atom. The lowest BCUT2D eigenvalue weighted by Crippen LogP contribution is -2.37. The van der Waals surface area contributed by atoms with Gasteiger partial charge in [0.05, 0.1) is 12.7 Å². The van der Waals surface area contributed by atoms with Crippen LogP contribution in [0.2, 0.25) is 0 Å². The molecule has 0 bridgehead atoms. The first-order valence-electron chi connectivity index (χ1n) is 9.39. The van der Waals surface area contributed by atoms with Crippen LogP contribution in [-0.2, 0) is 16.0 Å². The van der Waals surface area contributed by atoms with Crippen LogP contribution in [0.25, 0.3) is 0 Å². The van der Waals surface area contributed by atoms with Crippen molar-refractivity contribution in [2.24, 2.45) is 4.99 Å². The maximum Gasteiger partial charge on any atom is 0.422 e. The normalized spacial score (nSPS) is 17.0. The summed E-state index contributed by atoms with van der Waals surface area (Å²) in [6.45, 7) is 1.71. The van der Waals surface area contributed by atoms with Crippen LogP contribution in [0, 0.1) is 0 Å². The molecule has 1 unspecified atom stereocenters. The predicted octanol–water partition coefficient (Wildman–Crippen LogP) is 3.50. The number of alkyl halides is 3. The third-order valence-corrected chi connectivity index (χ3v) is 4.12. The van der Waals surface area contributed by atoms with Gasteiger partial charge in [0, 0.05) is 38.9 Å². The lowest BCUT2D eigenvalue weighted by molar-refractivity contribution is -0.153. The SMILES string of the molecule is CN=C(NCCCOCC1CCCO1)NCc1ccccc1OCC(F)(F)F.I. The van der Waals surface area contributed by atoms with Crippen molar-refractivity contribution in [3.05, 3.63) is 29.8 Å². The molecule has 0 spiro atoms. The van der Waals surface area contributed by atoms with E-state index in [9.17, 15) is 13.2 Å². The van der Waals surface area contributed by atoms with Crippen molar-refractivity contribution in [3.8, 4) is 5.75 Å². The number of nitrogens with one attached hydrogen (secondary N) is 2. The van der Waals surface area contributed by atoms with E-state index in [2.05, 4.69) is 15.6 Å². The van der Waals surface area contributed by atoms with Gasteiger partial charge in [-0.05, 0) is 25.3 Å². The van der Waals surface area contributed by atoms with Gasteiger partial charge >= 0.3 is 6.18 Å². The molecule has 1 aliphatic heterocycles. The summed E-state index contributed by atoms with van der Waals surface area (Å²) in [5.74, 6) is 0.759. The summed E-state index contributed by atoms with van der Waals surface area (Å²) >= 11 is 0. The highest BCUT2D eigenvalue weighted by atomic mass is 127. The van der Waals surface area contributed by atoms with Crippen molar-refractivity contribution in [1.29, 1.82) is 0 Å². The van der Waals surface area contributed by atoms with Crippen molar-refractivity contribution < 1.29 is 27.4 Å². The van der Waals surface area contributed by atoms with Crippen molar-refractivity contribution >= 4 is 29.9 Å². The minimum atomic E-state index is -4.37. The molecule has 0 aliphatic carbocycles. The molecule has 0 aromatic heterocycles. The fraction of sp³-hybridized carbons (Fsp3) is 0.632. The van der Waals surface area contributed by atoms with Gasteiger partial charge in [-0.3, -0.25) is 4.99 Å². The summed E-state index contributed by atoms with van der Waals surface area (Å²) in [6.07, 6.45) is -1.18. The van der Waals surface area contributed by atoms with Crippen molar-refractivity contribution in [2.75, 3.05) is 40.0 Å². The monoisotopic (exact) mass is 531 g/mol. The summed E-state index contributed by atoms with van der Waals surface area (Å²) in [5.41, 5.74) is 0.620. The summed E-state index contributed by atoms with van der Waals surface area (Å²) in [5, 5.41) is 6.23. The van der Waals surface area contributed by atoms with Gasteiger partial charge in [0.1, 0.15) is 5.75 Å². The van der Waals surface area contributed by atoms with E-state index in [4.69, 9.17) is 14.2 Å². The molecule has 1 fully saturated rings. The zero-order valence-corrected chi connectivity index (χ0v) is 18.8. The van der Waals surface area contributed by atoms with Crippen LogP contribution in [0.4, 0.5) is 13.2 Å². The average Bonchev–Trinajstić information content (AvgIpc) is 3.18. The Kier molecular flexibility index (Phi) is 12.3. The molecule has 166 valence electrons. The summed E-state index contributed by atoms with van der Waals surface area (Å²) in [6, 6.07) is 6.62. The van der Waals surface area contributed by atoms with E-state index < -0.39 is 12.8 Å². The van der Waals surface area contributed by atoms with E-state index in [-0.39, 0.29) is 35.8 Å². The van der Waals surface area contributed by atoms with Gasteiger partial charge in [0.25, 0.3) is 0 Å². The van der Waals surface area contributed by atoms with E-state index >= 15 is 0 Å². The molecule has 0 saturated carbocycles. The van der Waals surface area contributed by atoms with E-state index in [1.165, 1.54) is 6.07 Å². The second kappa shape index (κ2) is 13.9. The highest BCUT2D eigenvalue weighted by Crippen LogP contribution is 2.22. The maximum atomic E-state index is 12.4. The molecule has 1 aliphatic rings. The van der Waals surface area contributed by atoms with Gasteiger partial charge in [0.15, 0.2) is 12.6 Å². The van der Waals surface area contributed by atoms with Crippen LogP contribution in [0.15, 0.2) is 29.3 Å². The number of hydrogen-bond acceptors (Lipinski definition) is 4. The van der Waals surface area contributed by atoms with E-state index in [1.54, 1.807) is 25.2 Å². The molecule has 1 saturated heterocycles. The number of aliphatic imine (C=N–C) groups is 1. The molecule has 1 aromatic rings. The largest absolute Gasteiger partial charge is 0.484 e. The zero-order chi connectivity index (χ0) is 20.2. The summed E-state index contributed by atoms with van der Waals surface area (Å²) in [4.78, 5) is 4.11. The van der Waals surface area contributed by atoms with Crippen LogP contribution in [0.5, 0.6) is 5.75 Å². The lowest BCUT2D eigenvalue weighted by Gasteiger charge is -2.15. The minimum absolute atomic E-state index is 0. The van der Waals surface area contributed by atoms with Gasteiger partial charge in [0.2, 0.25) is 0 Å². The standard InChI is InChI=1S/C19H28F3N3O3.HI/c1-23-18(24-9-5-10-26-13-16-7-4-11-27-16)25-12-15-6-2-3-8-17(15)28-14-19(20,21)22;/h2-3,6,8,16H,4-5,7,9-14H2,1H3,(H2,23,24,25);1H. The van der Waals surface area contributed by atoms with Crippen molar-refractivity contribution in [3.63, 3.8) is 0 Å². The van der Waals surface area contributed by atoms with Crippen LogP contribution < -0.4 is 15.4 Å². The molecule has 10 heteroatoms. The number of para-hydroxylation sites is 1. The Morgan fingerprint density at radius 3 is 2.76 bits per heavy atom. The van der Waals surface area contributed by atoms with Crippen molar-refractivity contribution in [2.45, 2.75) is 38.1 Å². The number of rotatable bonds is 10. The Labute approximate surface area is 186 Å². The number of hydrogen-bond donors (Lipinski definition) is 2. The summed E-state index contributed by atoms with van der Waals surface area (Å²) in [7, 11) is 1.63. The fourth-order valence-corrected chi connectivity index (χ4v) is 2.72. The Morgan fingerprint density at radius 2 is 2.07 bits per heavy atom. The van der Waals surface area contributed by atoms with Crippen molar-refractivity contribution in [1.82, 2.24) is 10.6 Å². The second-order valence-electron chi connectivity index (χ2n) is 6.43. The molecule has 1 aromatic carbocycles. The first-order valence-corrected chi connectivity index (χ1v) is 9.39. The first-order chi connectivity index (χ1) is 13.5. The molecule has 6 nitrogen and oxygen atoms in total. The number of nitrogens with zero attached hydrogens (tertiary/aromatic N) is 1. The molecule has 2 N–H and O–H groups in total. The third-order valence-electron chi connectivity index (χ3n) is 4.12. The minimum Gasteiger partial charge on any atom is -0.484 e. The number of benzene rings is 1. The van der Waals surface area contributed by atoms with Crippen LogP contribution in [0.1, 0.15) is 24.8 Å². The lowest BCUT2D eigenvalue weighted by atomic mass is 10.2. The predicted molar refractivity (Wildman–Crippen MR) is 116 cm³/mol. The summed E-state index contributed by atoms with van der Waals surface area (Å²) < 4.78 is 53.1. The van der Waals surface area contributed by atoms with Gasteiger partial charge < -0.3 is 24.8 Å². The highest BCUT2D eigenvalue weighted by molar-refractivity contribution is 14.0. The van der Waals surface area contributed by atoms with E-state index in [1.807, 2.05) is 0 Å².